The van der Waals surface area contributed by atoms with Gasteiger partial charge in [-0.2, -0.15) is 4.31 Å². The van der Waals surface area contributed by atoms with E-state index < -0.39 is 10.0 Å². The fourth-order valence-electron chi connectivity index (χ4n) is 3.23. The quantitative estimate of drug-likeness (QED) is 0.859. The molecular weight excluding hydrogens is 320 g/mol. The molecule has 128 valence electrons. The number of hydrogen-bond donors (Lipinski definition) is 0. The third-order valence-electron chi connectivity index (χ3n) is 4.87. The van der Waals surface area contributed by atoms with E-state index in [2.05, 4.69) is 36.9 Å². The Morgan fingerprint density at radius 2 is 1.42 bits per heavy atom. The van der Waals surface area contributed by atoms with Gasteiger partial charge in [-0.25, -0.2) is 8.42 Å². The Bertz CT molecular complexity index is 838. The van der Waals surface area contributed by atoms with Crippen molar-refractivity contribution in [1.29, 1.82) is 0 Å². The Labute approximate surface area is 144 Å². The molecule has 0 saturated carbocycles. The molecule has 2 aromatic rings. The maximum atomic E-state index is 12.9. The molecular formula is C19H24N2O2S. The van der Waals surface area contributed by atoms with Gasteiger partial charge >= 0.3 is 0 Å². The van der Waals surface area contributed by atoms with Crippen molar-refractivity contribution in [3.63, 3.8) is 0 Å². The van der Waals surface area contributed by atoms with E-state index in [1.165, 1.54) is 16.8 Å². The molecule has 5 heteroatoms. The highest BCUT2D eigenvalue weighted by atomic mass is 32.2. The van der Waals surface area contributed by atoms with Gasteiger partial charge < -0.3 is 4.90 Å². The Morgan fingerprint density at radius 3 is 2.08 bits per heavy atom. The molecule has 0 radical (unpaired) electrons. The monoisotopic (exact) mass is 344 g/mol. The summed E-state index contributed by atoms with van der Waals surface area (Å²) in [4.78, 5) is 2.71. The third-order valence-corrected chi connectivity index (χ3v) is 6.93. The van der Waals surface area contributed by atoms with Gasteiger partial charge in [0, 0.05) is 31.9 Å². The van der Waals surface area contributed by atoms with Crippen molar-refractivity contribution in [2.75, 3.05) is 31.1 Å². The van der Waals surface area contributed by atoms with E-state index in [-0.39, 0.29) is 0 Å². The van der Waals surface area contributed by atoms with Crippen molar-refractivity contribution in [3.05, 3.63) is 59.2 Å². The minimum atomic E-state index is -3.41. The summed E-state index contributed by atoms with van der Waals surface area (Å²) in [5.74, 6) is 0. The average molecular weight is 344 g/mol. The standard InChI is InChI=1S/C19H24N2O2S/c1-15-8-6-9-18(17(15)3)20-11-13-21(14-12-20)24(22,23)19-10-5-4-7-16(19)2/h4-10H,11-14H2,1-3H3. The van der Waals surface area contributed by atoms with Crippen molar-refractivity contribution < 1.29 is 8.42 Å². The number of sulfonamides is 1. The smallest absolute Gasteiger partial charge is 0.243 e. The molecule has 0 unspecified atom stereocenters. The number of benzene rings is 2. The summed E-state index contributed by atoms with van der Waals surface area (Å²) in [7, 11) is -3.41. The first-order valence-electron chi connectivity index (χ1n) is 8.28. The van der Waals surface area contributed by atoms with E-state index in [1.807, 2.05) is 19.1 Å². The predicted octanol–water partition coefficient (Wildman–Crippen LogP) is 3.12. The Kier molecular flexibility index (Phi) is 4.65. The molecule has 24 heavy (non-hydrogen) atoms. The van der Waals surface area contributed by atoms with Crippen LogP contribution in [0, 0.1) is 20.8 Å². The summed E-state index contributed by atoms with van der Waals surface area (Å²) in [6.07, 6.45) is 0. The van der Waals surface area contributed by atoms with E-state index in [0.717, 1.165) is 18.7 Å². The molecule has 3 rings (SSSR count). The van der Waals surface area contributed by atoms with Crippen LogP contribution in [-0.4, -0.2) is 38.9 Å². The van der Waals surface area contributed by atoms with Gasteiger partial charge in [-0.3, -0.25) is 0 Å². The largest absolute Gasteiger partial charge is 0.369 e. The summed E-state index contributed by atoms with van der Waals surface area (Å²) in [6, 6.07) is 13.5. The van der Waals surface area contributed by atoms with Gasteiger partial charge in [0.05, 0.1) is 4.90 Å². The molecule has 1 saturated heterocycles. The van der Waals surface area contributed by atoms with E-state index in [0.29, 0.717) is 18.0 Å². The van der Waals surface area contributed by atoms with Gasteiger partial charge in [-0.05, 0) is 49.6 Å². The molecule has 0 spiro atoms. The number of hydrogen-bond acceptors (Lipinski definition) is 3. The molecule has 1 aliphatic rings. The van der Waals surface area contributed by atoms with Crippen LogP contribution in [0.2, 0.25) is 0 Å². The number of rotatable bonds is 3. The van der Waals surface area contributed by atoms with Crippen molar-refractivity contribution in [2.24, 2.45) is 0 Å². The Morgan fingerprint density at radius 1 is 0.792 bits per heavy atom. The average Bonchev–Trinajstić information content (AvgIpc) is 2.58. The molecule has 0 N–H and O–H groups in total. The van der Waals surface area contributed by atoms with E-state index in [4.69, 9.17) is 0 Å². The maximum Gasteiger partial charge on any atom is 0.243 e. The second-order valence-electron chi connectivity index (χ2n) is 6.38. The lowest BCUT2D eigenvalue weighted by atomic mass is 10.1. The van der Waals surface area contributed by atoms with E-state index in [1.54, 1.807) is 16.4 Å². The van der Waals surface area contributed by atoms with Crippen LogP contribution in [0.25, 0.3) is 0 Å². The molecule has 2 aromatic carbocycles. The molecule has 0 bridgehead atoms. The second kappa shape index (κ2) is 6.57. The minimum Gasteiger partial charge on any atom is -0.369 e. The molecule has 0 aliphatic carbocycles. The highest BCUT2D eigenvalue weighted by Gasteiger charge is 2.29. The maximum absolute atomic E-state index is 12.9. The highest BCUT2D eigenvalue weighted by molar-refractivity contribution is 7.89. The number of nitrogens with zero attached hydrogens (tertiary/aromatic N) is 2. The number of aryl methyl sites for hydroxylation is 2. The van der Waals surface area contributed by atoms with Crippen LogP contribution >= 0.6 is 0 Å². The van der Waals surface area contributed by atoms with E-state index in [9.17, 15) is 8.42 Å². The Balaban J connectivity index is 1.78. The van der Waals surface area contributed by atoms with Gasteiger partial charge in [0.1, 0.15) is 0 Å². The SMILES string of the molecule is Cc1ccccc1S(=O)(=O)N1CCN(c2cccc(C)c2C)CC1. The summed E-state index contributed by atoms with van der Waals surface area (Å²) >= 11 is 0. The molecule has 1 heterocycles. The normalized spacial score (nSPS) is 16.4. The van der Waals surface area contributed by atoms with Gasteiger partial charge in [-0.15, -0.1) is 0 Å². The van der Waals surface area contributed by atoms with Crippen molar-refractivity contribution in [1.82, 2.24) is 4.31 Å². The van der Waals surface area contributed by atoms with Crippen LogP contribution < -0.4 is 4.90 Å². The van der Waals surface area contributed by atoms with Crippen LogP contribution in [-0.2, 0) is 10.0 Å². The molecule has 4 nitrogen and oxygen atoms in total. The zero-order valence-electron chi connectivity index (χ0n) is 14.5. The van der Waals surface area contributed by atoms with Crippen molar-refractivity contribution >= 4 is 15.7 Å². The first-order chi connectivity index (χ1) is 11.4. The fourth-order valence-corrected chi connectivity index (χ4v) is 4.88. The third kappa shape index (κ3) is 3.06. The van der Waals surface area contributed by atoms with Crippen molar-refractivity contribution in [3.8, 4) is 0 Å². The zero-order valence-corrected chi connectivity index (χ0v) is 15.3. The van der Waals surface area contributed by atoms with Gasteiger partial charge in [0.2, 0.25) is 10.0 Å². The zero-order chi connectivity index (χ0) is 17.3. The predicted molar refractivity (Wildman–Crippen MR) is 98.1 cm³/mol. The lowest BCUT2D eigenvalue weighted by molar-refractivity contribution is 0.384. The van der Waals surface area contributed by atoms with Crippen LogP contribution in [0.15, 0.2) is 47.4 Å². The van der Waals surface area contributed by atoms with Crippen LogP contribution in [0.1, 0.15) is 16.7 Å². The molecule has 0 atom stereocenters. The molecule has 0 aromatic heterocycles. The van der Waals surface area contributed by atoms with Gasteiger partial charge in [0.15, 0.2) is 0 Å². The molecule has 1 fully saturated rings. The Hall–Kier alpha value is -1.85. The molecule has 0 amide bonds. The van der Waals surface area contributed by atoms with Crippen LogP contribution in [0.5, 0.6) is 0 Å². The summed E-state index contributed by atoms with van der Waals surface area (Å²) in [5.41, 5.74) is 4.55. The van der Waals surface area contributed by atoms with E-state index >= 15 is 0 Å². The van der Waals surface area contributed by atoms with Gasteiger partial charge in [-0.1, -0.05) is 30.3 Å². The summed E-state index contributed by atoms with van der Waals surface area (Å²) < 4.78 is 27.4. The van der Waals surface area contributed by atoms with Crippen molar-refractivity contribution in [2.45, 2.75) is 25.7 Å². The lowest BCUT2D eigenvalue weighted by Crippen LogP contribution is -2.49. The second-order valence-corrected chi connectivity index (χ2v) is 8.28. The van der Waals surface area contributed by atoms with Crippen LogP contribution in [0.4, 0.5) is 5.69 Å². The summed E-state index contributed by atoms with van der Waals surface area (Å²) in [6.45, 7) is 8.55. The first-order valence-corrected chi connectivity index (χ1v) is 9.72. The highest BCUT2D eigenvalue weighted by Crippen LogP contribution is 2.26. The molecule has 1 aliphatic heterocycles. The topological polar surface area (TPSA) is 40.6 Å². The fraction of sp³-hybridized carbons (Fsp3) is 0.368. The number of piperazine rings is 1. The minimum absolute atomic E-state index is 0.421. The first kappa shape index (κ1) is 17.0. The summed E-state index contributed by atoms with van der Waals surface area (Å²) in [5, 5.41) is 0. The van der Waals surface area contributed by atoms with Crippen LogP contribution in [0.3, 0.4) is 0 Å². The number of anilines is 1. The van der Waals surface area contributed by atoms with Gasteiger partial charge in [0.25, 0.3) is 0 Å². The lowest BCUT2D eigenvalue weighted by Gasteiger charge is -2.36.